The lowest BCUT2D eigenvalue weighted by atomic mass is 9.96. The van der Waals surface area contributed by atoms with Gasteiger partial charge in [-0.2, -0.15) is 0 Å². The lowest BCUT2D eigenvalue weighted by Crippen LogP contribution is -2.40. The quantitative estimate of drug-likeness (QED) is 0.377. The molecule has 39 heavy (non-hydrogen) atoms. The molecule has 1 atom stereocenters. The number of carbonyl (C=O) groups excluding carboxylic acids is 2. The van der Waals surface area contributed by atoms with Crippen LogP contribution in [0.4, 0.5) is 0 Å². The number of fused-ring (bicyclic) bond motifs is 1. The van der Waals surface area contributed by atoms with E-state index in [9.17, 15) is 14.4 Å². The van der Waals surface area contributed by atoms with Gasteiger partial charge >= 0.3 is 11.9 Å². The normalized spacial score (nSPS) is 15.0. The number of hydrogen-bond donors (Lipinski definition) is 0. The second-order valence-corrected chi connectivity index (χ2v) is 9.98. The van der Waals surface area contributed by atoms with Crippen molar-refractivity contribution in [1.29, 1.82) is 0 Å². The third kappa shape index (κ3) is 6.28. The van der Waals surface area contributed by atoms with Crippen LogP contribution >= 0.6 is 11.3 Å². The maximum Gasteiger partial charge on any atom is 0.344 e. The zero-order chi connectivity index (χ0) is 28.1. The number of methoxy groups -OCH3 is 1. The summed E-state index contributed by atoms with van der Waals surface area (Å²) in [6.45, 7) is 7.14. The minimum Gasteiger partial charge on any atom is -0.497 e. The Morgan fingerprint density at radius 3 is 2.36 bits per heavy atom. The van der Waals surface area contributed by atoms with E-state index in [1.165, 1.54) is 11.3 Å². The highest BCUT2D eigenvalue weighted by molar-refractivity contribution is 7.07. The molecule has 1 aliphatic rings. The SMILES string of the molecule is CCOC(=O)COc1ccc(/C=c2\sc3n(c2=O)[C@@H](c2ccc(OC)cc2)C(C(=O)OC(C)C)=C(C)N=3)cc1. The predicted molar refractivity (Wildman–Crippen MR) is 147 cm³/mol. The Hall–Kier alpha value is -4.18. The fraction of sp³-hybridized carbons (Fsp3) is 0.310. The van der Waals surface area contributed by atoms with Crippen LogP contribution in [0.25, 0.3) is 6.08 Å². The van der Waals surface area contributed by atoms with Crippen molar-refractivity contribution in [1.82, 2.24) is 4.57 Å². The minimum absolute atomic E-state index is 0.182. The van der Waals surface area contributed by atoms with Gasteiger partial charge in [-0.1, -0.05) is 35.6 Å². The van der Waals surface area contributed by atoms with Crippen molar-refractivity contribution in [3.05, 3.63) is 90.6 Å². The Bertz CT molecular complexity index is 1570. The van der Waals surface area contributed by atoms with Gasteiger partial charge < -0.3 is 18.9 Å². The molecule has 0 bridgehead atoms. The van der Waals surface area contributed by atoms with Gasteiger partial charge in [0.05, 0.1) is 41.7 Å². The summed E-state index contributed by atoms with van der Waals surface area (Å²) in [4.78, 5) is 43.5. The number of rotatable bonds is 9. The van der Waals surface area contributed by atoms with E-state index < -0.39 is 18.0 Å². The van der Waals surface area contributed by atoms with Gasteiger partial charge in [0, 0.05) is 0 Å². The highest BCUT2D eigenvalue weighted by atomic mass is 32.1. The molecule has 0 aliphatic carbocycles. The summed E-state index contributed by atoms with van der Waals surface area (Å²) < 4.78 is 23.1. The van der Waals surface area contributed by atoms with Gasteiger partial charge in [-0.05, 0) is 69.2 Å². The summed E-state index contributed by atoms with van der Waals surface area (Å²) in [7, 11) is 1.58. The molecular formula is C29H30N2O7S. The van der Waals surface area contributed by atoms with Gasteiger partial charge in [-0.3, -0.25) is 9.36 Å². The Morgan fingerprint density at radius 1 is 1.08 bits per heavy atom. The Balaban J connectivity index is 1.74. The largest absolute Gasteiger partial charge is 0.497 e. The number of ether oxygens (including phenoxy) is 4. The van der Waals surface area contributed by atoms with Gasteiger partial charge in [-0.15, -0.1) is 0 Å². The summed E-state index contributed by atoms with van der Waals surface area (Å²) in [6, 6.07) is 13.5. The van der Waals surface area contributed by atoms with Crippen LogP contribution in [-0.2, 0) is 19.1 Å². The average molecular weight is 551 g/mol. The van der Waals surface area contributed by atoms with Crippen LogP contribution in [-0.4, -0.2) is 42.9 Å². The van der Waals surface area contributed by atoms with Crippen molar-refractivity contribution in [2.45, 2.75) is 39.8 Å². The molecule has 0 saturated carbocycles. The van der Waals surface area contributed by atoms with E-state index in [1.54, 1.807) is 81.8 Å². The average Bonchev–Trinajstić information content (AvgIpc) is 3.21. The molecule has 1 aromatic heterocycles. The molecule has 10 heteroatoms. The van der Waals surface area contributed by atoms with Crippen molar-refractivity contribution in [3.63, 3.8) is 0 Å². The first-order valence-electron chi connectivity index (χ1n) is 12.5. The van der Waals surface area contributed by atoms with Crippen molar-refractivity contribution in [2.24, 2.45) is 4.99 Å². The maximum atomic E-state index is 13.7. The van der Waals surface area contributed by atoms with Crippen LogP contribution in [0.5, 0.6) is 11.5 Å². The molecule has 9 nitrogen and oxygen atoms in total. The molecule has 4 rings (SSSR count). The number of carbonyl (C=O) groups is 2. The molecule has 2 aromatic carbocycles. The van der Waals surface area contributed by atoms with E-state index >= 15 is 0 Å². The highest BCUT2D eigenvalue weighted by Gasteiger charge is 2.33. The lowest BCUT2D eigenvalue weighted by Gasteiger charge is -2.25. The van der Waals surface area contributed by atoms with Crippen LogP contribution in [0.2, 0.25) is 0 Å². The molecule has 0 N–H and O–H groups in total. The van der Waals surface area contributed by atoms with E-state index in [0.29, 0.717) is 32.1 Å². The van der Waals surface area contributed by atoms with Crippen LogP contribution in [0.1, 0.15) is 44.9 Å². The van der Waals surface area contributed by atoms with E-state index in [4.69, 9.17) is 18.9 Å². The maximum absolute atomic E-state index is 13.7. The van der Waals surface area contributed by atoms with Gasteiger partial charge in [0.1, 0.15) is 11.5 Å². The molecule has 0 unspecified atom stereocenters. The zero-order valence-corrected chi connectivity index (χ0v) is 23.2. The summed E-state index contributed by atoms with van der Waals surface area (Å²) in [5, 5.41) is 0. The van der Waals surface area contributed by atoms with Crippen LogP contribution in [0.15, 0.2) is 69.6 Å². The molecule has 0 spiro atoms. The van der Waals surface area contributed by atoms with Crippen LogP contribution in [0, 0.1) is 0 Å². The number of benzene rings is 2. The summed E-state index contributed by atoms with van der Waals surface area (Å²) in [5.74, 6) is 0.207. The van der Waals surface area contributed by atoms with Gasteiger partial charge in [0.2, 0.25) is 0 Å². The third-order valence-corrected chi connectivity index (χ3v) is 6.84. The number of nitrogens with zero attached hydrogens (tertiary/aromatic N) is 2. The first-order chi connectivity index (χ1) is 18.7. The van der Waals surface area contributed by atoms with Crippen molar-refractivity contribution < 1.29 is 28.5 Å². The fourth-order valence-corrected chi connectivity index (χ4v) is 5.17. The molecule has 0 saturated heterocycles. The van der Waals surface area contributed by atoms with Crippen LogP contribution < -0.4 is 24.4 Å². The number of hydrogen-bond acceptors (Lipinski definition) is 9. The Kier molecular flexibility index (Phi) is 8.65. The predicted octanol–water partition coefficient (Wildman–Crippen LogP) is 3.14. The molecule has 0 radical (unpaired) electrons. The summed E-state index contributed by atoms with van der Waals surface area (Å²) in [5.41, 5.74) is 2.04. The molecule has 0 amide bonds. The highest BCUT2D eigenvalue weighted by Crippen LogP contribution is 2.31. The number of esters is 2. The zero-order valence-electron chi connectivity index (χ0n) is 22.4. The first-order valence-corrected chi connectivity index (χ1v) is 13.3. The fourth-order valence-electron chi connectivity index (χ4n) is 4.12. The van der Waals surface area contributed by atoms with Gasteiger partial charge in [0.25, 0.3) is 5.56 Å². The number of aromatic nitrogens is 1. The molecule has 2 heterocycles. The molecule has 0 fully saturated rings. The molecular weight excluding hydrogens is 520 g/mol. The molecule has 1 aliphatic heterocycles. The standard InChI is InChI=1S/C29H30N2O7S/c1-6-36-24(32)16-37-22-11-7-19(8-12-22)15-23-27(33)31-26(20-9-13-21(35-5)14-10-20)25(28(34)38-17(2)3)18(4)30-29(31)39-23/h7-15,17,26H,6,16H2,1-5H3/b23-15-/t26-/m0/s1. The third-order valence-electron chi connectivity index (χ3n) is 5.86. The van der Waals surface area contributed by atoms with Crippen molar-refractivity contribution in [2.75, 3.05) is 20.3 Å². The number of thiazole rings is 1. The van der Waals surface area contributed by atoms with E-state index in [1.807, 2.05) is 12.1 Å². The Morgan fingerprint density at radius 2 is 1.74 bits per heavy atom. The second-order valence-electron chi connectivity index (χ2n) is 8.97. The topological polar surface area (TPSA) is 105 Å². The second kappa shape index (κ2) is 12.1. The lowest BCUT2D eigenvalue weighted by molar-refractivity contribution is -0.145. The molecule has 3 aromatic rings. The minimum atomic E-state index is -0.709. The monoisotopic (exact) mass is 550 g/mol. The summed E-state index contributed by atoms with van der Waals surface area (Å²) in [6.07, 6.45) is 1.43. The van der Waals surface area contributed by atoms with Crippen LogP contribution in [0.3, 0.4) is 0 Å². The van der Waals surface area contributed by atoms with Crippen molar-refractivity contribution in [3.8, 4) is 11.5 Å². The van der Waals surface area contributed by atoms with E-state index in [-0.39, 0.29) is 24.9 Å². The number of allylic oxidation sites excluding steroid dienone is 1. The Labute approximate surface area is 229 Å². The van der Waals surface area contributed by atoms with Crippen molar-refractivity contribution >= 4 is 29.4 Å². The van der Waals surface area contributed by atoms with Gasteiger partial charge in [0.15, 0.2) is 11.4 Å². The smallest absolute Gasteiger partial charge is 0.344 e. The first kappa shape index (κ1) is 27.8. The molecule has 204 valence electrons. The summed E-state index contributed by atoms with van der Waals surface area (Å²) >= 11 is 1.24. The van der Waals surface area contributed by atoms with E-state index in [0.717, 1.165) is 11.1 Å². The van der Waals surface area contributed by atoms with E-state index in [2.05, 4.69) is 4.99 Å². The van der Waals surface area contributed by atoms with Gasteiger partial charge in [-0.25, -0.2) is 14.6 Å².